The summed E-state index contributed by atoms with van der Waals surface area (Å²) >= 11 is 0. The Hall–Kier alpha value is -1.89. The van der Waals surface area contributed by atoms with E-state index in [1.54, 1.807) is 0 Å². The quantitative estimate of drug-likeness (QED) is 0.0923. The molecule has 0 aliphatic heterocycles. The molecular formula is C26H48NO6+. The van der Waals surface area contributed by atoms with Crippen molar-refractivity contribution >= 4 is 17.9 Å². The van der Waals surface area contributed by atoms with Crippen molar-refractivity contribution in [1.29, 1.82) is 0 Å². The maximum atomic E-state index is 11.2. The molecular weight excluding hydrogens is 422 g/mol. The SMILES string of the molecule is CCC/C=C/CCCCCCCCCCCCCCC[N+](CC(=O)O)(CC(=O)O)CC(=O)O. The van der Waals surface area contributed by atoms with Gasteiger partial charge in [0.25, 0.3) is 0 Å². The molecule has 0 aromatic carbocycles. The van der Waals surface area contributed by atoms with Gasteiger partial charge in [0.2, 0.25) is 0 Å². The van der Waals surface area contributed by atoms with Crippen molar-refractivity contribution in [2.24, 2.45) is 0 Å². The average Bonchev–Trinajstić information content (AvgIpc) is 2.71. The largest absolute Gasteiger partial charge is 0.477 e. The molecule has 192 valence electrons. The van der Waals surface area contributed by atoms with Crippen molar-refractivity contribution in [1.82, 2.24) is 0 Å². The number of carbonyl (C=O) groups is 3. The maximum absolute atomic E-state index is 11.2. The number of hydrogen-bond acceptors (Lipinski definition) is 3. The molecule has 0 fully saturated rings. The minimum atomic E-state index is -1.17. The Labute approximate surface area is 200 Å². The van der Waals surface area contributed by atoms with Gasteiger partial charge >= 0.3 is 17.9 Å². The van der Waals surface area contributed by atoms with Gasteiger partial charge in [0.1, 0.15) is 0 Å². The standard InChI is InChI=1S/C26H47NO6/c1-2-3-4-5-6-7-8-9-10-11-12-13-14-15-16-17-18-19-20-27(21-24(28)29,22-25(30)31)23-26(32)33/h4-5H,2-3,6-23H2,1H3,(H2-,28,29,30,31,32,33)/p+1/b5-4+. The molecule has 0 bridgehead atoms. The molecule has 0 aromatic rings. The second-order valence-electron chi connectivity index (χ2n) is 9.37. The number of nitrogens with zero attached hydrogens (tertiary/aromatic N) is 1. The summed E-state index contributed by atoms with van der Waals surface area (Å²) in [6.45, 7) is 1.04. The zero-order valence-electron chi connectivity index (χ0n) is 20.8. The highest BCUT2D eigenvalue weighted by atomic mass is 16.4. The van der Waals surface area contributed by atoms with Gasteiger partial charge in [-0.05, 0) is 32.1 Å². The van der Waals surface area contributed by atoms with Crippen molar-refractivity contribution in [3.63, 3.8) is 0 Å². The number of hydrogen-bond donors (Lipinski definition) is 3. The van der Waals surface area contributed by atoms with Crippen LogP contribution in [0.1, 0.15) is 110 Å². The number of aliphatic carboxylic acids is 3. The van der Waals surface area contributed by atoms with Crippen molar-refractivity contribution in [2.75, 3.05) is 26.2 Å². The predicted molar refractivity (Wildman–Crippen MR) is 131 cm³/mol. The van der Waals surface area contributed by atoms with Crippen LogP contribution in [0.4, 0.5) is 0 Å². The molecule has 3 N–H and O–H groups in total. The summed E-state index contributed by atoms with van der Waals surface area (Å²) < 4.78 is -0.435. The van der Waals surface area contributed by atoms with Crippen LogP contribution in [-0.2, 0) is 14.4 Å². The smallest absolute Gasteiger partial charge is 0.359 e. The number of allylic oxidation sites excluding steroid dienone is 2. The lowest BCUT2D eigenvalue weighted by atomic mass is 10.0. The van der Waals surface area contributed by atoms with E-state index in [1.165, 1.54) is 77.0 Å². The molecule has 0 aromatic heterocycles. The van der Waals surface area contributed by atoms with Crippen LogP contribution in [0.3, 0.4) is 0 Å². The van der Waals surface area contributed by atoms with E-state index in [0.29, 0.717) is 6.42 Å². The fraction of sp³-hybridized carbons (Fsp3) is 0.808. The molecule has 0 saturated carbocycles. The van der Waals surface area contributed by atoms with E-state index in [2.05, 4.69) is 19.1 Å². The minimum Gasteiger partial charge on any atom is -0.477 e. The van der Waals surface area contributed by atoms with E-state index in [4.69, 9.17) is 15.3 Å². The van der Waals surface area contributed by atoms with E-state index in [9.17, 15) is 14.4 Å². The van der Waals surface area contributed by atoms with Gasteiger partial charge < -0.3 is 15.3 Å². The molecule has 0 heterocycles. The first-order valence-electron chi connectivity index (χ1n) is 13.0. The summed E-state index contributed by atoms with van der Waals surface area (Å²) in [5.41, 5.74) is 0. The van der Waals surface area contributed by atoms with E-state index < -0.39 is 42.0 Å². The summed E-state index contributed by atoms with van der Waals surface area (Å²) in [6, 6.07) is 0. The van der Waals surface area contributed by atoms with Crippen LogP contribution in [0, 0.1) is 0 Å². The molecule has 0 aliphatic rings. The van der Waals surface area contributed by atoms with Crippen LogP contribution in [0.2, 0.25) is 0 Å². The Morgan fingerprint density at radius 2 is 0.879 bits per heavy atom. The van der Waals surface area contributed by atoms with Crippen LogP contribution in [0.5, 0.6) is 0 Å². The topological polar surface area (TPSA) is 112 Å². The molecule has 0 unspecified atom stereocenters. The summed E-state index contributed by atoms with van der Waals surface area (Å²) in [7, 11) is 0. The van der Waals surface area contributed by atoms with Gasteiger partial charge in [-0.2, -0.15) is 0 Å². The van der Waals surface area contributed by atoms with Crippen LogP contribution in [0.15, 0.2) is 12.2 Å². The zero-order valence-corrected chi connectivity index (χ0v) is 20.8. The van der Waals surface area contributed by atoms with Crippen molar-refractivity contribution in [3.8, 4) is 0 Å². The van der Waals surface area contributed by atoms with Crippen molar-refractivity contribution in [2.45, 2.75) is 110 Å². The summed E-state index contributed by atoms with van der Waals surface area (Å²) in [5.74, 6) is -3.51. The third-order valence-electron chi connectivity index (χ3n) is 6.04. The lowest BCUT2D eigenvalue weighted by Gasteiger charge is -2.34. The van der Waals surface area contributed by atoms with E-state index in [1.807, 2.05) is 0 Å². The molecule has 0 spiro atoms. The summed E-state index contributed by atoms with van der Waals surface area (Å²) in [4.78, 5) is 33.5. The van der Waals surface area contributed by atoms with Gasteiger partial charge in [0.05, 0.1) is 6.54 Å². The Morgan fingerprint density at radius 3 is 1.24 bits per heavy atom. The molecule has 33 heavy (non-hydrogen) atoms. The lowest BCUT2D eigenvalue weighted by Crippen LogP contribution is -2.57. The minimum absolute atomic E-state index is 0.264. The van der Waals surface area contributed by atoms with Crippen LogP contribution >= 0.6 is 0 Å². The fourth-order valence-corrected chi connectivity index (χ4v) is 4.32. The highest BCUT2D eigenvalue weighted by molar-refractivity contribution is 5.73. The molecule has 7 nitrogen and oxygen atoms in total. The molecule has 0 radical (unpaired) electrons. The van der Waals surface area contributed by atoms with Crippen molar-refractivity contribution in [3.05, 3.63) is 12.2 Å². The maximum Gasteiger partial charge on any atom is 0.359 e. The number of quaternary nitrogens is 1. The van der Waals surface area contributed by atoms with Crippen LogP contribution in [-0.4, -0.2) is 63.9 Å². The summed E-state index contributed by atoms with van der Waals surface area (Å²) in [6.07, 6.45) is 23.5. The molecule has 0 amide bonds. The highest BCUT2D eigenvalue weighted by Crippen LogP contribution is 2.15. The van der Waals surface area contributed by atoms with Crippen LogP contribution < -0.4 is 0 Å². The molecule has 0 rings (SSSR count). The van der Waals surface area contributed by atoms with Gasteiger partial charge in [-0.25, -0.2) is 14.4 Å². The molecule has 7 heteroatoms. The molecule has 0 aliphatic carbocycles. The van der Waals surface area contributed by atoms with Gasteiger partial charge in [-0.3, -0.25) is 4.48 Å². The molecule has 0 atom stereocenters. The van der Waals surface area contributed by atoms with E-state index in [0.717, 1.165) is 19.3 Å². The van der Waals surface area contributed by atoms with E-state index in [-0.39, 0.29) is 6.54 Å². The Kier molecular flexibility index (Phi) is 19.5. The Balaban J connectivity index is 3.76. The summed E-state index contributed by atoms with van der Waals surface area (Å²) in [5, 5.41) is 27.4. The Bertz CT molecular complexity index is 520. The first-order valence-corrected chi connectivity index (χ1v) is 13.0. The third kappa shape index (κ3) is 20.4. The first-order chi connectivity index (χ1) is 15.8. The van der Waals surface area contributed by atoms with Gasteiger partial charge in [-0.15, -0.1) is 0 Å². The lowest BCUT2D eigenvalue weighted by molar-refractivity contribution is -0.907. The number of rotatable bonds is 24. The second kappa shape index (κ2) is 20.7. The molecule has 0 saturated heterocycles. The number of carboxylic acid groups (broad SMARTS) is 3. The predicted octanol–water partition coefficient (Wildman–Crippen LogP) is 5.87. The third-order valence-corrected chi connectivity index (χ3v) is 6.04. The Morgan fingerprint density at radius 1 is 0.545 bits per heavy atom. The normalized spacial score (nSPS) is 11.8. The number of carboxylic acids is 3. The first kappa shape index (κ1) is 31.1. The number of unbranched alkanes of at least 4 members (excludes halogenated alkanes) is 14. The van der Waals surface area contributed by atoms with Gasteiger partial charge in [0, 0.05) is 0 Å². The van der Waals surface area contributed by atoms with Gasteiger partial charge in [0.15, 0.2) is 19.6 Å². The van der Waals surface area contributed by atoms with E-state index >= 15 is 0 Å². The highest BCUT2D eigenvalue weighted by Gasteiger charge is 2.35. The van der Waals surface area contributed by atoms with Crippen LogP contribution in [0.25, 0.3) is 0 Å². The average molecular weight is 471 g/mol. The van der Waals surface area contributed by atoms with Gasteiger partial charge in [-0.1, -0.05) is 89.7 Å². The fourth-order valence-electron chi connectivity index (χ4n) is 4.32. The van der Waals surface area contributed by atoms with Crippen molar-refractivity contribution < 1.29 is 34.2 Å². The zero-order chi connectivity index (χ0) is 24.8. The monoisotopic (exact) mass is 470 g/mol. The second-order valence-corrected chi connectivity index (χ2v) is 9.37.